The lowest BCUT2D eigenvalue weighted by molar-refractivity contribution is 0.403. The Hall–Kier alpha value is -2.94. The first-order valence-corrected chi connectivity index (χ1v) is 6.14. The highest BCUT2D eigenvalue weighted by Crippen LogP contribution is 2.29. The van der Waals surface area contributed by atoms with Crippen molar-refractivity contribution in [1.82, 2.24) is 25.1 Å². The summed E-state index contributed by atoms with van der Waals surface area (Å²) in [5, 5.41) is 30.4. The number of nitrogens with zero attached hydrogens (tertiary/aromatic N) is 5. The predicted octanol–water partition coefficient (Wildman–Crippen LogP) is 0.365. The van der Waals surface area contributed by atoms with E-state index in [0.717, 1.165) is 0 Å². The Morgan fingerprint density at radius 2 is 2.10 bits per heavy atom. The van der Waals surface area contributed by atoms with Crippen molar-refractivity contribution in [1.29, 1.82) is 0 Å². The van der Waals surface area contributed by atoms with Crippen LogP contribution < -0.4 is 5.73 Å². The molecule has 9 heteroatoms. The maximum absolute atomic E-state index is 9.47. The fourth-order valence-corrected chi connectivity index (χ4v) is 1.75. The van der Waals surface area contributed by atoms with Gasteiger partial charge in [-0.1, -0.05) is 10.4 Å². The Kier molecular flexibility index (Phi) is 3.24. The number of phenols is 2. The zero-order valence-corrected chi connectivity index (χ0v) is 10.8. The van der Waals surface area contributed by atoms with Gasteiger partial charge in [-0.2, -0.15) is 4.98 Å². The van der Waals surface area contributed by atoms with E-state index in [1.54, 1.807) is 16.9 Å². The van der Waals surface area contributed by atoms with Gasteiger partial charge >= 0.3 is 0 Å². The average molecular weight is 288 g/mol. The fraction of sp³-hybridized carbons (Fsp3) is 0.167. The van der Waals surface area contributed by atoms with Gasteiger partial charge < -0.3 is 20.5 Å². The topological polar surface area (TPSA) is 136 Å². The monoisotopic (exact) mass is 288 g/mol. The average Bonchev–Trinajstić information content (AvgIpc) is 3.11. The Balaban J connectivity index is 1.89. The molecule has 2 heterocycles. The van der Waals surface area contributed by atoms with Crippen LogP contribution in [-0.4, -0.2) is 41.9 Å². The van der Waals surface area contributed by atoms with Crippen molar-refractivity contribution in [2.75, 3.05) is 6.54 Å². The molecular formula is C12H12N6O3. The van der Waals surface area contributed by atoms with Gasteiger partial charge in [-0.05, 0) is 18.2 Å². The Morgan fingerprint density at radius 3 is 2.86 bits per heavy atom. The quantitative estimate of drug-likeness (QED) is 0.585. The first-order chi connectivity index (χ1) is 10.2. The molecule has 9 nitrogen and oxygen atoms in total. The molecule has 0 saturated carbocycles. The lowest BCUT2D eigenvalue weighted by atomic mass is 10.2. The zero-order valence-electron chi connectivity index (χ0n) is 10.8. The highest BCUT2D eigenvalue weighted by Gasteiger charge is 2.14. The largest absolute Gasteiger partial charge is 0.504 e. The molecule has 0 atom stereocenters. The van der Waals surface area contributed by atoms with Crippen LogP contribution in [0.3, 0.4) is 0 Å². The van der Waals surface area contributed by atoms with E-state index < -0.39 is 0 Å². The Labute approximate surface area is 118 Å². The molecule has 4 N–H and O–H groups in total. The van der Waals surface area contributed by atoms with E-state index >= 15 is 0 Å². The summed E-state index contributed by atoms with van der Waals surface area (Å²) in [6, 6.07) is 4.25. The molecule has 3 rings (SSSR count). The third-order valence-corrected chi connectivity index (χ3v) is 2.78. The normalized spacial score (nSPS) is 10.9. The molecule has 3 aromatic rings. The van der Waals surface area contributed by atoms with E-state index in [2.05, 4.69) is 20.5 Å². The number of hydrogen-bond acceptors (Lipinski definition) is 8. The number of benzene rings is 1. The maximum atomic E-state index is 9.47. The van der Waals surface area contributed by atoms with Crippen molar-refractivity contribution in [2.24, 2.45) is 5.73 Å². The highest BCUT2D eigenvalue weighted by molar-refractivity contribution is 5.61. The van der Waals surface area contributed by atoms with E-state index in [4.69, 9.17) is 10.3 Å². The van der Waals surface area contributed by atoms with Crippen LogP contribution >= 0.6 is 0 Å². The van der Waals surface area contributed by atoms with Crippen molar-refractivity contribution in [3.05, 3.63) is 24.4 Å². The van der Waals surface area contributed by atoms with Crippen LogP contribution in [0.2, 0.25) is 0 Å². The van der Waals surface area contributed by atoms with Gasteiger partial charge in [-0.15, -0.1) is 5.10 Å². The number of aromatic hydroxyl groups is 2. The second-order valence-corrected chi connectivity index (χ2v) is 4.28. The molecule has 1 aromatic carbocycles. The molecule has 0 unspecified atom stereocenters. The van der Waals surface area contributed by atoms with Crippen LogP contribution in [-0.2, 0) is 6.54 Å². The minimum Gasteiger partial charge on any atom is -0.504 e. The molecule has 0 fully saturated rings. The van der Waals surface area contributed by atoms with E-state index in [9.17, 15) is 10.2 Å². The summed E-state index contributed by atoms with van der Waals surface area (Å²) in [6.45, 7) is 0.991. The Morgan fingerprint density at radius 1 is 1.24 bits per heavy atom. The SMILES string of the molecule is NCCn1cc(-c2nc(-c3ccc(O)c(O)c3)no2)nn1. The lowest BCUT2D eigenvalue weighted by Crippen LogP contribution is -2.10. The molecule has 0 aliphatic carbocycles. The van der Waals surface area contributed by atoms with Crippen LogP contribution in [0.1, 0.15) is 0 Å². The number of aromatic nitrogens is 5. The van der Waals surface area contributed by atoms with Gasteiger partial charge in [0.05, 0.1) is 12.7 Å². The van der Waals surface area contributed by atoms with Gasteiger partial charge in [0, 0.05) is 12.1 Å². The van der Waals surface area contributed by atoms with Crippen LogP contribution in [0.5, 0.6) is 11.5 Å². The molecule has 0 amide bonds. The molecule has 2 aromatic heterocycles. The highest BCUT2D eigenvalue weighted by atomic mass is 16.5. The summed E-state index contributed by atoms with van der Waals surface area (Å²) < 4.78 is 6.69. The van der Waals surface area contributed by atoms with E-state index in [1.807, 2.05) is 0 Å². The maximum Gasteiger partial charge on any atom is 0.280 e. The molecule has 0 bridgehead atoms. The number of rotatable bonds is 4. The molecule has 0 aliphatic heterocycles. The second-order valence-electron chi connectivity index (χ2n) is 4.28. The van der Waals surface area contributed by atoms with E-state index in [1.165, 1.54) is 12.1 Å². The van der Waals surface area contributed by atoms with Gasteiger partial charge in [0.15, 0.2) is 17.2 Å². The number of phenolic OH excluding ortho intramolecular Hbond substituents is 2. The zero-order chi connectivity index (χ0) is 14.8. The third kappa shape index (κ3) is 2.54. The van der Waals surface area contributed by atoms with E-state index in [0.29, 0.717) is 24.3 Å². The standard InChI is InChI=1S/C12H12N6O3/c13-3-4-18-6-8(15-17-18)12-14-11(16-21-12)7-1-2-9(19)10(20)5-7/h1-2,5-6,19-20H,3-4,13H2. The molecule has 21 heavy (non-hydrogen) atoms. The summed E-state index contributed by atoms with van der Waals surface area (Å²) in [5.41, 5.74) is 6.38. The first kappa shape index (κ1) is 13.1. The third-order valence-electron chi connectivity index (χ3n) is 2.78. The number of nitrogens with two attached hydrogens (primary N) is 1. The molecule has 0 radical (unpaired) electrons. The van der Waals surface area contributed by atoms with Gasteiger partial charge in [0.1, 0.15) is 0 Å². The van der Waals surface area contributed by atoms with Crippen LogP contribution in [0.15, 0.2) is 28.9 Å². The summed E-state index contributed by atoms with van der Waals surface area (Å²) in [7, 11) is 0. The van der Waals surface area contributed by atoms with Gasteiger partial charge in [-0.25, -0.2) is 0 Å². The molecular weight excluding hydrogens is 276 g/mol. The predicted molar refractivity (Wildman–Crippen MR) is 71.1 cm³/mol. The molecule has 0 saturated heterocycles. The minimum atomic E-state index is -0.257. The minimum absolute atomic E-state index is 0.209. The molecule has 0 aliphatic rings. The van der Waals surface area contributed by atoms with Crippen LogP contribution in [0, 0.1) is 0 Å². The summed E-state index contributed by atoms with van der Waals surface area (Å²) in [4.78, 5) is 4.18. The molecule has 108 valence electrons. The summed E-state index contributed by atoms with van der Waals surface area (Å²) in [6.07, 6.45) is 1.65. The van der Waals surface area contributed by atoms with Crippen molar-refractivity contribution < 1.29 is 14.7 Å². The number of hydrogen-bond donors (Lipinski definition) is 3. The first-order valence-electron chi connectivity index (χ1n) is 6.14. The van der Waals surface area contributed by atoms with Gasteiger partial charge in [-0.3, -0.25) is 4.68 Å². The second kappa shape index (κ2) is 5.21. The van der Waals surface area contributed by atoms with E-state index in [-0.39, 0.29) is 23.2 Å². The van der Waals surface area contributed by atoms with Crippen LogP contribution in [0.4, 0.5) is 0 Å². The summed E-state index contributed by atoms with van der Waals surface area (Å²) in [5.74, 6) is 0.00875. The van der Waals surface area contributed by atoms with Gasteiger partial charge in [0.2, 0.25) is 5.82 Å². The summed E-state index contributed by atoms with van der Waals surface area (Å²) >= 11 is 0. The van der Waals surface area contributed by atoms with Crippen LogP contribution in [0.25, 0.3) is 23.0 Å². The van der Waals surface area contributed by atoms with Crippen molar-refractivity contribution in [2.45, 2.75) is 6.54 Å². The Bertz CT molecular complexity index is 766. The van der Waals surface area contributed by atoms with Gasteiger partial charge in [0.25, 0.3) is 5.89 Å². The molecule has 0 spiro atoms. The smallest absolute Gasteiger partial charge is 0.280 e. The van der Waals surface area contributed by atoms with Crippen molar-refractivity contribution in [3.63, 3.8) is 0 Å². The van der Waals surface area contributed by atoms with Crippen molar-refractivity contribution in [3.8, 4) is 34.5 Å². The van der Waals surface area contributed by atoms with Crippen molar-refractivity contribution >= 4 is 0 Å². The lowest BCUT2D eigenvalue weighted by Gasteiger charge is -1.98. The fourth-order valence-electron chi connectivity index (χ4n) is 1.75.